The Kier molecular flexibility index (Phi) is 8.63. The van der Waals surface area contributed by atoms with Gasteiger partial charge in [0.05, 0.1) is 22.6 Å². The fourth-order valence-corrected chi connectivity index (χ4v) is 3.87. The fraction of sp³-hybridized carbons (Fsp3) is 0.250. The van der Waals surface area contributed by atoms with Gasteiger partial charge >= 0.3 is 6.18 Å². The molecule has 0 fully saturated rings. The van der Waals surface area contributed by atoms with E-state index in [9.17, 15) is 26.6 Å². The van der Waals surface area contributed by atoms with Crippen molar-refractivity contribution in [1.82, 2.24) is 15.0 Å². The van der Waals surface area contributed by atoms with Gasteiger partial charge in [0.2, 0.25) is 5.91 Å². The number of hydrogen-bond donors (Lipinski definition) is 2. The molecule has 0 radical (unpaired) electrons. The highest BCUT2D eigenvalue weighted by atomic mass is 35.5. The summed E-state index contributed by atoms with van der Waals surface area (Å²) in [6.45, 7) is 1.57. The van der Waals surface area contributed by atoms with Crippen LogP contribution in [-0.4, -0.2) is 21.4 Å². The van der Waals surface area contributed by atoms with Crippen LogP contribution >= 0.6 is 11.6 Å². The molecule has 1 unspecified atom stereocenters. The molecular weight excluding hydrogens is 506 g/mol. The summed E-state index contributed by atoms with van der Waals surface area (Å²) >= 11 is 6.00. The molecule has 0 saturated heterocycles. The summed E-state index contributed by atoms with van der Waals surface area (Å²) < 4.78 is 67.9. The number of nitrogens with one attached hydrogen (secondary N) is 2. The molecule has 0 saturated carbocycles. The van der Waals surface area contributed by atoms with Gasteiger partial charge in [0.15, 0.2) is 0 Å². The smallest absolute Gasteiger partial charge is 0.351 e. The van der Waals surface area contributed by atoms with Crippen molar-refractivity contribution < 1.29 is 26.6 Å². The van der Waals surface area contributed by atoms with Gasteiger partial charge in [0.1, 0.15) is 11.5 Å². The molecule has 0 aliphatic heterocycles. The minimum absolute atomic E-state index is 0.0477. The van der Waals surface area contributed by atoms with E-state index < -0.39 is 40.5 Å². The number of carbonyl (C=O) groups is 1. The predicted molar refractivity (Wildman–Crippen MR) is 127 cm³/mol. The maximum atomic E-state index is 14.4. The Morgan fingerprint density at radius 1 is 1.09 bits per heavy atom. The van der Waals surface area contributed by atoms with Crippen molar-refractivity contribution in [2.75, 3.05) is 6.26 Å². The second-order valence-electron chi connectivity index (χ2n) is 7.78. The first kappa shape index (κ1) is 26.8. The SMILES string of the molecule is C[C@H](C(=O)NCc1ccc(C(F)(F)F)nc1-c1cccc(Cl)c1)c1ccc(CNS(C)=O)c(F)c1. The standard InChI is InChI=1S/C24H22ClF4N3O2S/c1-14(15-6-7-17(20(26)11-15)13-31-35(2)34)23(33)30-12-18-8-9-21(24(27,28)29)32-22(18)16-4-3-5-19(25)10-16/h3-11,14,31H,12-13H2,1-2H3,(H,30,33)/t14-,35?/m0/s1. The molecule has 1 amide bonds. The van der Waals surface area contributed by atoms with Crippen LogP contribution in [0.3, 0.4) is 0 Å². The number of carbonyl (C=O) groups excluding carboxylic acids is 1. The summed E-state index contributed by atoms with van der Waals surface area (Å²) in [5, 5.41) is 3.02. The van der Waals surface area contributed by atoms with Crippen LogP contribution in [0, 0.1) is 5.82 Å². The van der Waals surface area contributed by atoms with Gasteiger partial charge in [-0.05, 0) is 42.3 Å². The first-order valence-electron chi connectivity index (χ1n) is 10.4. The van der Waals surface area contributed by atoms with E-state index in [1.165, 1.54) is 30.5 Å². The maximum absolute atomic E-state index is 14.4. The van der Waals surface area contributed by atoms with Crippen LogP contribution < -0.4 is 10.0 Å². The third-order valence-electron chi connectivity index (χ3n) is 5.26. The number of benzene rings is 2. The Bertz CT molecular complexity index is 1250. The lowest BCUT2D eigenvalue weighted by atomic mass is 9.98. The molecule has 1 aromatic heterocycles. The largest absolute Gasteiger partial charge is 0.433 e. The van der Waals surface area contributed by atoms with E-state index >= 15 is 0 Å². The van der Waals surface area contributed by atoms with Crippen molar-refractivity contribution in [3.05, 3.63) is 87.8 Å². The summed E-state index contributed by atoms with van der Waals surface area (Å²) in [7, 11) is -1.30. The second kappa shape index (κ2) is 11.3. The van der Waals surface area contributed by atoms with E-state index in [1.807, 2.05) is 0 Å². The molecule has 3 rings (SSSR count). The zero-order chi connectivity index (χ0) is 25.8. The van der Waals surface area contributed by atoms with Gasteiger partial charge in [0.25, 0.3) is 0 Å². The van der Waals surface area contributed by atoms with Gasteiger partial charge in [-0.15, -0.1) is 0 Å². The first-order valence-corrected chi connectivity index (χ1v) is 12.4. The van der Waals surface area contributed by atoms with Crippen LogP contribution in [0.15, 0.2) is 54.6 Å². The van der Waals surface area contributed by atoms with Crippen molar-refractivity contribution in [3.63, 3.8) is 0 Å². The normalized spacial score (nSPS) is 13.3. The Morgan fingerprint density at radius 3 is 2.43 bits per heavy atom. The molecule has 2 aromatic carbocycles. The minimum atomic E-state index is -4.64. The summed E-state index contributed by atoms with van der Waals surface area (Å²) in [6.07, 6.45) is -3.20. The zero-order valence-corrected chi connectivity index (χ0v) is 20.3. The van der Waals surface area contributed by atoms with E-state index in [2.05, 4.69) is 15.0 Å². The molecule has 5 nitrogen and oxygen atoms in total. The van der Waals surface area contributed by atoms with Gasteiger partial charge in [-0.25, -0.2) is 18.3 Å². The average Bonchev–Trinajstić information content (AvgIpc) is 2.80. The van der Waals surface area contributed by atoms with Gasteiger partial charge in [0, 0.05) is 35.5 Å². The van der Waals surface area contributed by atoms with Gasteiger partial charge < -0.3 is 5.32 Å². The van der Waals surface area contributed by atoms with Crippen molar-refractivity contribution >= 4 is 28.5 Å². The maximum Gasteiger partial charge on any atom is 0.433 e. The molecule has 0 bridgehead atoms. The van der Waals surface area contributed by atoms with Gasteiger partial charge in [-0.1, -0.05) is 41.9 Å². The summed E-state index contributed by atoms with van der Waals surface area (Å²) in [4.78, 5) is 16.5. The lowest BCUT2D eigenvalue weighted by Gasteiger charge is -2.16. The lowest BCUT2D eigenvalue weighted by molar-refractivity contribution is -0.141. The van der Waals surface area contributed by atoms with Crippen molar-refractivity contribution in [1.29, 1.82) is 0 Å². The number of hydrogen-bond acceptors (Lipinski definition) is 3. The summed E-state index contributed by atoms with van der Waals surface area (Å²) in [5.74, 6) is -1.72. The van der Waals surface area contributed by atoms with Gasteiger partial charge in [-0.2, -0.15) is 13.2 Å². The molecule has 1 heterocycles. The van der Waals surface area contributed by atoms with E-state index in [1.54, 1.807) is 31.2 Å². The number of rotatable bonds is 8. The van der Waals surface area contributed by atoms with E-state index in [-0.39, 0.29) is 18.8 Å². The van der Waals surface area contributed by atoms with Crippen LogP contribution in [0.4, 0.5) is 17.6 Å². The van der Waals surface area contributed by atoms with Crippen LogP contribution in [0.5, 0.6) is 0 Å². The van der Waals surface area contributed by atoms with Crippen LogP contribution in [-0.2, 0) is 35.0 Å². The number of pyridine rings is 1. The fourth-order valence-electron chi connectivity index (χ4n) is 3.32. The Labute approximate surface area is 207 Å². The molecule has 11 heteroatoms. The molecule has 0 aliphatic carbocycles. The highest BCUT2D eigenvalue weighted by Gasteiger charge is 2.33. The molecule has 0 aliphatic rings. The molecule has 0 spiro atoms. The van der Waals surface area contributed by atoms with Crippen LogP contribution in [0.25, 0.3) is 11.3 Å². The average molecular weight is 528 g/mol. The third-order valence-corrected chi connectivity index (χ3v) is 6.04. The van der Waals surface area contributed by atoms with E-state index in [0.717, 1.165) is 6.07 Å². The number of nitrogens with zero attached hydrogens (tertiary/aromatic N) is 1. The summed E-state index contributed by atoms with van der Waals surface area (Å²) in [5.41, 5.74) is 0.445. The quantitative estimate of drug-likeness (QED) is 0.387. The highest BCUT2D eigenvalue weighted by molar-refractivity contribution is 7.82. The first-order chi connectivity index (χ1) is 16.5. The third kappa shape index (κ3) is 7.09. The molecule has 186 valence electrons. The summed E-state index contributed by atoms with van der Waals surface area (Å²) in [6, 6.07) is 12.7. The van der Waals surface area contributed by atoms with E-state index in [0.29, 0.717) is 27.3 Å². The topological polar surface area (TPSA) is 71.1 Å². The van der Waals surface area contributed by atoms with Crippen molar-refractivity contribution in [2.24, 2.45) is 0 Å². The lowest BCUT2D eigenvalue weighted by Crippen LogP contribution is -2.28. The molecule has 35 heavy (non-hydrogen) atoms. The molecular formula is C24H22ClF4N3O2S. The predicted octanol–water partition coefficient (Wildman–Crippen LogP) is 5.36. The second-order valence-corrected chi connectivity index (χ2v) is 9.41. The number of aromatic nitrogens is 1. The van der Waals surface area contributed by atoms with E-state index in [4.69, 9.17) is 11.6 Å². The molecule has 2 N–H and O–H groups in total. The number of halogens is 5. The van der Waals surface area contributed by atoms with Crippen molar-refractivity contribution in [2.45, 2.75) is 32.1 Å². The van der Waals surface area contributed by atoms with Gasteiger partial charge in [-0.3, -0.25) is 4.79 Å². The minimum Gasteiger partial charge on any atom is -0.351 e. The molecule has 3 aromatic rings. The Balaban J connectivity index is 1.79. The monoisotopic (exact) mass is 527 g/mol. The van der Waals surface area contributed by atoms with Crippen LogP contribution in [0.1, 0.15) is 35.2 Å². The highest BCUT2D eigenvalue weighted by Crippen LogP contribution is 2.32. The van der Waals surface area contributed by atoms with Crippen LogP contribution in [0.2, 0.25) is 5.02 Å². The Morgan fingerprint density at radius 2 is 1.80 bits per heavy atom. The van der Waals surface area contributed by atoms with Crippen molar-refractivity contribution in [3.8, 4) is 11.3 Å². The Hall–Kier alpha value is -2.82. The molecule has 2 atom stereocenters. The number of amides is 1. The number of alkyl halides is 3. The zero-order valence-electron chi connectivity index (χ0n) is 18.7.